The van der Waals surface area contributed by atoms with Crippen LogP contribution in [0.25, 0.3) is 0 Å². The van der Waals surface area contributed by atoms with Crippen LogP contribution in [0, 0.1) is 0 Å². The molecule has 0 bridgehead atoms. The lowest BCUT2D eigenvalue weighted by Gasteiger charge is -2.11. The van der Waals surface area contributed by atoms with Crippen molar-refractivity contribution in [2.24, 2.45) is 0 Å². The van der Waals surface area contributed by atoms with Gasteiger partial charge in [-0.3, -0.25) is 9.59 Å². The monoisotopic (exact) mass is 211 g/mol. The molecule has 0 fully saturated rings. The van der Waals surface area contributed by atoms with Crippen LogP contribution < -0.4 is 0 Å². The Bertz CT molecular complexity index is 331. The van der Waals surface area contributed by atoms with E-state index >= 15 is 0 Å². The van der Waals surface area contributed by atoms with E-state index in [1.165, 1.54) is 7.11 Å². The average Bonchev–Trinajstić information content (AvgIpc) is 2.68. The Balaban J connectivity index is 2.70. The number of hydrogen-bond acceptors (Lipinski definition) is 3. The first-order chi connectivity index (χ1) is 7.13. The van der Waals surface area contributed by atoms with Crippen LogP contribution in [0.5, 0.6) is 0 Å². The van der Waals surface area contributed by atoms with E-state index in [9.17, 15) is 9.59 Å². The molecular formula is C10H13NO4. The van der Waals surface area contributed by atoms with Crippen molar-refractivity contribution in [2.75, 3.05) is 7.11 Å². The maximum absolute atomic E-state index is 11.1. The second-order valence-electron chi connectivity index (χ2n) is 3.20. The van der Waals surface area contributed by atoms with Crippen LogP contribution in [0.15, 0.2) is 18.3 Å². The van der Waals surface area contributed by atoms with Crippen LogP contribution >= 0.6 is 0 Å². The van der Waals surface area contributed by atoms with Gasteiger partial charge in [0.2, 0.25) is 0 Å². The molecule has 0 aliphatic carbocycles. The van der Waals surface area contributed by atoms with Crippen molar-refractivity contribution < 1.29 is 19.4 Å². The molecule has 1 heterocycles. The zero-order valence-electron chi connectivity index (χ0n) is 8.40. The molecule has 2 N–H and O–H groups in total. The highest BCUT2D eigenvalue weighted by Gasteiger charge is 2.20. The van der Waals surface area contributed by atoms with Crippen LogP contribution in [0.2, 0.25) is 0 Å². The number of carbonyl (C=O) groups excluding carboxylic acids is 1. The Kier molecular flexibility index (Phi) is 3.91. The molecule has 5 heteroatoms. The molecule has 1 aromatic rings. The van der Waals surface area contributed by atoms with E-state index in [4.69, 9.17) is 5.11 Å². The molecular weight excluding hydrogens is 198 g/mol. The molecule has 1 aromatic heterocycles. The van der Waals surface area contributed by atoms with Crippen LogP contribution in [-0.4, -0.2) is 29.1 Å². The van der Waals surface area contributed by atoms with E-state index < -0.39 is 11.9 Å². The molecule has 82 valence electrons. The van der Waals surface area contributed by atoms with Gasteiger partial charge in [0.1, 0.15) is 0 Å². The Morgan fingerprint density at radius 1 is 1.53 bits per heavy atom. The van der Waals surface area contributed by atoms with Crippen molar-refractivity contribution in [2.45, 2.75) is 18.8 Å². The molecule has 0 saturated heterocycles. The maximum atomic E-state index is 11.1. The van der Waals surface area contributed by atoms with Crippen LogP contribution in [0.3, 0.4) is 0 Å². The summed E-state index contributed by atoms with van der Waals surface area (Å²) in [4.78, 5) is 24.6. The molecule has 0 aromatic carbocycles. The van der Waals surface area contributed by atoms with Gasteiger partial charge in [0.15, 0.2) is 0 Å². The predicted molar refractivity (Wildman–Crippen MR) is 52.4 cm³/mol. The van der Waals surface area contributed by atoms with Gasteiger partial charge in [-0.05, 0) is 12.1 Å². The lowest BCUT2D eigenvalue weighted by atomic mass is 9.98. The van der Waals surface area contributed by atoms with Crippen molar-refractivity contribution in [3.63, 3.8) is 0 Å². The number of carbonyl (C=O) groups is 2. The van der Waals surface area contributed by atoms with Gasteiger partial charge in [0, 0.05) is 17.8 Å². The summed E-state index contributed by atoms with van der Waals surface area (Å²) < 4.78 is 4.51. The van der Waals surface area contributed by atoms with Crippen molar-refractivity contribution in [1.29, 1.82) is 0 Å². The summed E-state index contributed by atoms with van der Waals surface area (Å²) in [6.45, 7) is 0. The Morgan fingerprint density at radius 2 is 2.27 bits per heavy atom. The molecule has 0 radical (unpaired) electrons. The van der Waals surface area contributed by atoms with E-state index in [0.717, 1.165) is 5.69 Å². The summed E-state index contributed by atoms with van der Waals surface area (Å²) in [5, 5.41) is 8.70. The van der Waals surface area contributed by atoms with Crippen LogP contribution in [-0.2, 0) is 14.3 Å². The molecule has 1 rings (SSSR count). The molecule has 0 aliphatic rings. The third-order valence-electron chi connectivity index (χ3n) is 2.12. The lowest BCUT2D eigenvalue weighted by Crippen LogP contribution is -2.12. The number of H-pyrrole nitrogens is 1. The normalized spacial score (nSPS) is 12.1. The summed E-state index contributed by atoms with van der Waals surface area (Å²) >= 11 is 0. The molecule has 0 spiro atoms. The highest BCUT2D eigenvalue weighted by atomic mass is 16.5. The molecule has 5 nitrogen and oxygen atoms in total. The molecule has 1 unspecified atom stereocenters. The number of methoxy groups -OCH3 is 1. The Labute approximate surface area is 87.1 Å². The van der Waals surface area contributed by atoms with Crippen LogP contribution in [0.1, 0.15) is 24.5 Å². The molecule has 0 amide bonds. The largest absolute Gasteiger partial charge is 0.481 e. The van der Waals surface area contributed by atoms with E-state index in [1.807, 2.05) is 0 Å². The van der Waals surface area contributed by atoms with E-state index in [2.05, 4.69) is 9.72 Å². The van der Waals surface area contributed by atoms with Gasteiger partial charge in [0.05, 0.1) is 20.0 Å². The lowest BCUT2D eigenvalue weighted by molar-refractivity contribution is -0.141. The first-order valence-electron chi connectivity index (χ1n) is 4.55. The number of rotatable bonds is 5. The van der Waals surface area contributed by atoms with E-state index in [0.29, 0.717) is 0 Å². The number of carboxylic acid groups (broad SMARTS) is 1. The molecule has 15 heavy (non-hydrogen) atoms. The summed E-state index contributed by atoms with van der Waals surface area (Å²) in [5.41, 5.74) is 0.739. The number of aliphatic carboxylic acids is 1. The summed E-state index contributed by atoms with van der Waals surface area (Å²) in [6.07, 6.45) is 1.68. The third-order valence-corrected chi connectivity index (χ3v) is 2.12. The topological polar surface area (TPSA) is 79.4 Å². The summed E-state index contributed by atoms with van der Waals surface area (Å²) in [6, 6.07) is 3.53. The second-order valence-corrected chi connectivity index (χ2v) is 3.20. The van der Waals surface area contributed by atoms with E-state index in [-0.39, 0.29) is 18.8 Å². The number of aromatic nitrogens is 1. The van der Waals surface area contributed by atoms with Gasteiger partial charge in [0.25, 0.3) is 0 Å². The quantitative estimate of drug-likeness (QED) is 0.715. The Morgan fingerprint density at radius 3 is 2.73 bits per heavy atom. The SMILES string of the molecule is COC(=O)CC(CC(=O)O)c1ccc[nH]1. The minimum atomic E-state index is -0.932. The zero-order chi connectivity index (χ0) is 11.3. The van der Waals surface area contributed by atoms with Gasteiger partial charge < -0.3 is 14.8 Å². The first kappa shape index (κ1) is 11.3. The Hall–Kier alpha value is -1.78. The molecule has 1 atom stereocenters. The number of ether oxygens (including phenoxy) is 1. The van der Waals surface area contributed by atoms with Gasteiger partial charge in [-0.1, -0.05) is 0 Å². The first-order valence-corrected chi connectivity index (χ1v) is 4.55. The van der Waals surface area contributed by atoms with Crippen molar-refractivity contribution >= 4 is 11.9 Å². The highest BCUT2D eigenvalue weighted by Crippen LogP contribution is 2.22. The highest BCUT2D eigenvalue weighted by molar-refractivity contribution is 5.73. The van der Waals surface area contributed by atoms with Crippen LogP contribution in [0.4, 0.5) is 0 Å². The standard InChI is InChI=1S/C10H13NO4/c1-15-10(14)6-7(5-9(12)13)8-3-2-4-11-8/h2-4,7,11H,5-6H2,1H3,(H,12,13). The number of carboxylic acids is 1. The average molecular weight is 211 g/mol. The fourth-order valence-electron chi connectivity index (χ4n) is 1.39. The van der Waals surface area contributed by atoms with Crippen molar-refractivity contribution in [3.05, 3.63) is 24.0 Å². The van der Waals surface area contributed by atoms with Gasteiger partial charge in [-0.15, -0.1) is 0 Å². The fraction of sp³-hybridized carbons (Fsp3) is 0.400. The second kappa shape index (κ2) is 5.19. The van der Waals surface area contributed by atoms with Gasteiger partial charge in [-0.25, -0.2) is 0 Å². The zero-order valence-corrected chi connectivity index (χ0v) is 8.40. The number of nitrogens with one attached hydrogen (secondary N) is 1. The minimum Gasteiger partial charge on any atom is -0.481 e. The smallest absolute Gasteiger partial charge is 0.306 e. The molecule has 0 aliphatic heterocycles. The van der Waals surface area contributed by atoms with Gasteiger partial charge >= 0.3 is 11.9 Å². The van der Waals surface area contributed by atoms with Crippen molar-refractivity contribution in [1.82, 2.24) is 4.98 Å². The summed E-state index contributed by atoms with van der Waals surface area (Å²) in [7, 11) is 1.29. The third kappa shape index (κ3) is 3.46. The predicted octanol–water partition coefficient (Wildman–Crippen LogP) is 1.14. The van der Waals surface area contributed by atoms with Crippen molar-refractivity contribution in [3.8, 4) is 0 Å². The number of hydrogen-bond donors (Lipinski definition) is 2. The fourth-order valence-corrected chi connectivity index (χ4v) is 1.39. The number of aromatic amines is 1. The van der Waals surface area contributed by atoms with E-state index in [1.54, 1.807) is 18.3 Å². The van der Waals surface area contributed by atoms with Gasteiger partial charge in [-0.2, -0.15) is 0 Å². The maximum Gasteiger partial charge on any atom is 0.306 e. The summed E-state index contributed by atoms with van der Waals surface area (Å²) in [5.74, 6) is -1.70. The number of esters is 1. The molecule has 0 saturated carbocycles. The minimum absolute atomic E-state index is 0.0727.